The van der Waals surface area contributed by atoms with Gasteiger partial charge in [0.2, 0.25) is 0 Å². The van der Waals surface area contributed by atoms with Crippen LogP contribution in [0.25, 0.3) is 11.4 Å². The van der Waals surface area contributed by atoms with Crippen molar-refractivity contribution in [1.82, 2.24) is 9.97 Å². The summed E-state index contributed by atoms with van der Waals surface area (Å²) in [6.45, 7) is 3.36. The number of aryl methyl sites for hydroxylation is 1. The van der Waals surface area contributed by atoms with Gasteiger partial charge in [0.15, 0.2) is 5.69 Å². The smallest absolute Gasteiger partial charge is 0.417 e. The second-order valence-corrected chi connectivity index (χ2v) is 4.32. The number of nitrogens with one attached hydrogen (secondary N) is 1. The number of aromatic amines is 1. The molecule has 0 aliphatic rings. The van der Waals surface area contributed by atoms with Crippen molar-refractivity contribution in [3.63, 3.8) is 0 Å². The van der Waals surface area contributed by atoms with Crippen LogP contribution in [0, 0.1) is 6.92 Å². The first-order valence-corrected chi connectivity index (χ1v) is 6.25. The van der Waals surface area contributed by atoms with Crippen LogP contribution in [0.3, 0.4) is 0 Å². The molecule has 0 saturated carbocycles. The molecule has 0 aliphatic carbocycles. The summed E-state index contributed by atoms with van der Waals surface area (Å²) in [6, 6.07) is 5.05. The van der Waals surface area contributed by atoms with Gasteiger partial charge in [-0.3, -0.25) is 0 Å². The number of esters is 1. The average molecular weight is 298 g/mol. The summed E-state index contributed by atoms with van der Waals surface area (Å²) < 4.78 is 43.8. The first kappa shape index (κ1) is 15.1. The molecule has 1 aromatic heterocycles. The van der Waals surface area contributed by atoms with Crippen molar-refractivity contribution in [2.75, 3.05) is 6.61 Å². The largest absolute Gasteiger partial charge is 0.461 e. The molecule has 1 aromatic carbocycles. The molecule has 0 saturated heterocycles. The van der Waals surface area contributed by atoms with Crippen LogP contribution in [0.15, 0.2) is 24.3 Å². The van der Waals surface area contributed by atoms with E-state index in [1.54, 1.807) is 13.8 Å². The third-order valence-corrected chi connectivity index (χ3v) is 2.84. The zero-order chi connectivity index (χ0) is 15.6. The third kappa shape index (κ3) is 3.07. The lowest BCUT2D eigenvalue weighted by Crippen LogP contribution is -2.08. The van der Waals surface area contributed by atoms with E-state index in [0.717, 1.165) is 6.07 Å². The van der Waals surface area contributed by atoms with E-state index in [4.69, 9.17) is 4.74 Å². The Kier molecular flexibility index (Phi) is 4.02. The number of halogens is 3. The molecule has 2 aromatic rings. The number of nitrogens with zero attached hydrogens (tertiary/aromatic N) is 1. The van der Waals surface area contributed by atoms with E-state index in [-0.39, 0.29) is 23.7 Å². The molecule has 112 valence electrons. The molecular weight excluding hydrogens is 285 g/mol. The zero-order valence-electron chi connectivity index (χ0n) is 11.4. The van der Waals surface area contributed by atoms with Gasteiger partial charge in [-0.2, -0.15) is 13.2 Å². The minimum Gasteiger partial charge on any atom is -0.461 e. The highest BCUT2D eigenvalue weighted by Crippen LogP contribution is 2.36. The number of alkyl halides is 3. The molecule has 0 fully saturated rings. The van der Waals surface area contributed by atoms with Gasteiger partial charge in [0.25, 0.3) is 0 Å². The Labute approximate surface area is 119 Å². The van der Waals surface area contributed by atoms with Crippen LogP contribution in [0.2, 0.25) is 0 Å². The van der Waals surface area contributed by atoms with Crippen molar-refractivity contribution in [1.29, 1.82) is 0 Å². The van der Waals surface area contributed by atoms with Gasteiger partial charge in [0.05, 0.1) is 12.2 Å². The number of benzene rings is 1. The monoisotopic (exact) mass is 298 g/mol. The topological polar surface area (TPSA) is 55.0 Å². The van der Waals surface area contributed by atoms with Gasteiger partial charge in [0, 0.05) is 11.3 Å². The summed E-state index contributed by atoms with van der Waals surface area (Å²) in [5.74, 6) is -0.675. The fourth-order valence-corrected chi connectivity index (χ4v) is 1.92. The van der Waals surface area contributed by atoms with Crippen LogP contribution in [0.1, 0.15) is 28.7 Å². The van der Waals surface area contributed by atoms with Gasteiger partial charge in [0.1, 0.15) is 5.82 Å². The Morgan fingerprint density at radius 1 is 1.33 bits per heavy atom. The lowest BCUT2D eigenvalue weighted by molar-refractivity contribution is -0.137. The molecule has 1 heterocycles. The normalized spacial score (nSPS) is 11.5. The lowest BCUT2D eigenvalue weighted by atomic mass is 10.1. The van der Waals surface area contributed by atoms with E-state index in [1.807, 2.05) is 0 Å². The van der Waals surface area contributed by atoms with Crippen LogP contribution < -0.4 is 0 Å². The van der Waals surface area contributed by atoms with E-state index in [2.05, 4.69) is 9.97 Å². The van der Waals surface area contributed by atoms with Crippen molar-refractivity contribution >= 4 is 5.97 Å². The van der Waals surface area contributed by atoms with Crippen LogP contribution in [-0.2, 0) is 10.9 Å². The van der Waals surface area contributed by atoms with Crippen molar-refractivity contribution in [3.05, 3.63) is 41.2 Å². The van der Waals surface area contributed by atoms with Gasteiger partial charge < -0.3 is 9.72 Å². The number of imidazole rings is 1. The van der Waals surface area contributed by atoms with Crippen LogP contribution >= 0.6 is 0 Å². The molecule has 7 heteroatoms. The molecular formula is C14H13F3N2O2. The summed E-state index contributed by atoms with van der Waals surface area (Å²) in [4.78, 5) is 18.3. The zero-order valence-corrected chi connectivity index (χ0v) is 11.4. The second kappa shape index (κ2) is 5.59. The molecule has 0 spiro atoms. The number of hydrogen-bond donors (Lipinski definition) is 1. The SMILES string of the molecule is CCOC(=O)c1nc(-c2ccccc2C(F)(F)F)[nH]c1C. The number of rotatable bonds is 3. The van der Waals surface area contributed by atoms with E-state index in [1.165, 1.54) is 18.2 Å². The van der Waals surface area contributed by atoms with Crippen molar-refractivity contribution < 1.29 is 22.7 Å². The van der Waals surface area contributed by atoms with E-state index < -0.39 is 17.7 Å². The molecule has 0 radical (unpaired) electrons. The fraction of sp³-hybridized carbons (Fsp3) is 0.286. The first-order chi connectivity index (χ1) is 9.84. The quantitative estimate of drug-likeness (QED) is 0.881. The molecule has 4 nitrogen and oxygen atoms in total. The van der Waals surface area contributed by atoms with Gasteiger partial charge in [-0.1, -0.05) is 18.2 Å². The molecule has 0 unspecified atom stereocenters. The average Bonchev–Trinajstić information content (AvgIpc) is 2.80. The molecule has 0 amide bonds. The number of aromatic nitrogens is 2. The van der Waals surface area contributed by atoms with Crippen molar-refractivity contribution in [2.45, 2.75) is 20.0 Å². The predicted molar refractivity (Wildman–Crippen MR) is 69.7 cm³/mol. The first-order valence-electron chi connectivity index (χ1n) is 6.25. The molecule has 0 aliphatic heterocycles. The van der Waals surface area contributed by atoms with Crippen LogP contribution in [0.5, 0.6) is 0 Å². The highest BCUT2D eigenvalue weighted by molar-refractivity contribution is 5.89. The number of ether oxygens (including phenoxy) is 1. The van der Waals surface area contributed by atoms with Gasteiger partial charge in [-0.15, -0.1) is 0 Å². The molecule has 0 atom stereocenters. The fourth-order valence-electron chi connectivity index (χ4n) is 1.92. The van der Waals surface area contributed by atoms with Crippen LogP contribution in [-0.4, -0.2) is 22.5 Å². The number of H-pyrrole nitrogens is 1. The Morgan fingerprint density at radius 2 is 2.00 bits per heavy atom. The maximum atomic E-state index is 13.0. The number of carbonyl (C=O) groups is 1. The minimum absolute atomic E-state index is 0.0103. The Hall–Kier alpha value is -2.31. The Morgan fingerprint density at radius 3 is 2.62 bits per heavy atom. The summed E-state index contributed by atoms with van der Waals surface area (Å²) in [7, 11) is 0. The predicted octanol–water partition coefficient (Wildman–Crippen LogP) is 3.58. The van der Waals surface area contributed by atoms with E-state index in [0.29, 0.717) is 5.69 Å². The Balaban J connectivity index is 2.50. The maximum Gasteiger partial charge on any atom is 0.417 e. The molecule has 1 N–H and O–H groups in total. The number of carbonyl (C=O) groups excluding carboxylic acids is 1. The highest BCUT2D eigenvalue weighted by Gasteiger charge is 2.34. The van der Waals surface area contributed by atoms with E-state index in [9.17, 15) is 18.0 Å². The number of hydrogen-bond acceptors (Lipinski definition) is 3. The highest BCUT2D eigenvalue weighted by atomic mass is 19.4. The summed E-state index contributed by atoms with van der Waals surface area (Å²) in [6.07, 6.45) is -4.50. The summed E-state index contributed by atoms with van der Waals surface area (Å²) in [5.41, 5.74) is -0.568. The minimum atomic E-state index is -4.50. The van der Waals surface area contributed by atoms with E-state index >= 15 is 0 Å². The van der Waals surface area contributed by atoms with Crippen LogP contribution in [0.4, 0.5) is 13.2 Å². The molecule has 0 bridgehead atoms. The molecule has 21 heavy (non-hydrogen) atoms. The Bertz CT molecular complexity index is 662. The van der Waals surface area contributed by atoms with Crippen molar-refractivity contribution in [3.8, 4) is 11.4 Å². The standard InChI is InChI=1S/C14H13F3N2O2/c1-3-21-13(20)11-8(2)18-12(19-11)9-6-4-5-7-10(9)14(15,16)17/h4-7H,3H2,1-2H3,(H,18,19). The van der Waals surface area contributed by atoms with Gasteiger partial charge >= 0.3 is 12.1 Å². The molecule has 2 rings (SSSR count). The third-order valence-electron chi connectivity index (χ3n) is 2.84. The second-order valence-electron chi connectivity index (χ2n) is 4.32. The van der Waals surface area contributed by atoms with Gasteiger partial charge in [-0.05, 0) is 19.9 Å². The van der Waals surface area contributed by atoms with Gasteiger partial charge in [-0.25, -0.2) is 9.78 Å². The summed E-state index contributed by atoms with van der Waals surface area (Å²) >= 11 is 0. The van der Waals surface area contributed by atoms with Crippen molar-refractivity contribution in [2.24, 2.45) is 0 Å². The lowest BCUT2D eigenvalue weighted by Gasteiger charge is -2.10. The maximum absolute atomic E-state index is 13.0. The summed E-state index contributed by atoms with van der Waals surface area (Å²) in [5, 5.41) is 0.